The van der Waals surface area contributed by atoms with Crippen LogP contribution < -0.4 is 0 Å². The van der Waals surface area contributed by atoms with Crippen LogP contribution in [0.15, 0.2) is 22.7 Å². The Morgan fingerprint density at radius 1 is 1.24 bits per heavy atom. The van der Waals surface area contributed by atoms with Gasteiger partial charge in [0.05, 0.1) is 5.56 Å². The maximum Gasteiger partial charge on any atom is 0.261 e. The summed E-state index contributed by atoms with van der Waals surface area (Å²) in [5.74, 6) is 1.11. The van der Waals surface area contributed by atoms with Gasteiger partial charge in [0.2, 0.25) is 5.82 Å². The number of rotatable bonds is 3. The summed E-state index contributed by atoms with van der Waals surface area (Å²) in [6.45, 7) is 1.84. The van der Waals surface area contributed by atoms with Gasteiger partial charge in [-0.15, -0.1) is 0 Å². The predicted octanol–water partition coefficient (Wildman–Crippen LogP) is 3.56. The minimum atomic E-state index is -0.445. The van der Waals surface area contributed by atoms with Crippen LogP contribution in [0.1, 0.15) is 43.5 Å². The van der Waals surface area contributed by atoms with E-state index in [1.807, 2.05) is 19.1 Å². The lowest BCUT2D eigenvalue weighted by Gasteiger charge is -2.32. The number of para-hydroxylation sites is 1. The molecule has 1 N–H and O–H groups in total. The normalized spacial score (nSPS) is 17.8. The standard InChI is InChI=1S/C16H20N2O3/c1-11-7-6-8-12(13(11)19)14-17-15(18-21-14)16(20-2)9-4-3-5-10-16/h6-8,19H,3-5,9-10H2,1-2H3. The average molecular weight is 288 g/mol. The molecule has 0 aliphatic heterocycles. The van der Waals surface area contributed by atoms with Crippen LogP contribution in [0.25, 0.3) is 11.5 Å². The Hall–Kier alpha value is -1.88. The Kier molecular flexibility index (Phi) is 3.68. The van der Waals surface area contributed by atoms with E-state index in [1.54, 1.807) is 13.2 Å². The molecule has 2 aromatic rings. The number of phenols is 1. The van der Waals surface area contributed by atoms with Crippen LogP contribution in [-0.4, -0.2) is 22.4 Å². The third kappa shape index (κ3) is 2.42. The summed E-state index contributed by atoms with van der Waals surface area (Å²) in [5, 5.41) is 14.2. The molecule has 0 bridgehead atoms. The summed E-state index contributed by atoms with van der Waals surface area (Å²) in [6, 6.07) is 5.48. The van der Waals surface area contributed by atoms with Gasteiger partial charge in [-0.05, 0) is 31.4 Å². The first-order valence-corrected chi connectivity index (χ1v) is 7.34. The van der Waals surface area contributed by atoms with Gasteiger partial charge in [-0.1, -0.05) is 36.6 Å². The van der Waals surface area contributed by atoms with Crippen molar-refractivity contribution in [2.45, 2.75) is 44.6 Å². The Morgan fingerprint density at radius 2 is 2.00 bits per heavy atom. The van der Waals surface area contributed by atoms with Gasteiger partial charge in [-0.2, -0.15) is 4.98 Å². The molecule has 5 heteroatoms. The van der Waals surface area contributed by atoms with E-state index in [4.69, 9.17) is 9.26 Å². The van der Waals surface area contributed by atoms with Crippen molar-refractivity contribution in [1.29, 1.82) is 0 Å². The van der Waals surface area contributed by atoms with Gasteiger partial charge in [-0.25, -0.2) is 0 Å². The topological polar surface area (TPSA) is 68.4 Å². The minimum Gasteiger partial charge on any atom is -0.507 e. The van der Waals surface area contributed by atoms with Gasteiger partial charge in [0.1, 0.15) is 11.4 Å². The number of benzene rings is 1. The Balaban J connectivity index is 1.98. The van der Waals surface area contributed by atoms with E-state index in [2.05, 4.69) is 10.1 Å². The number of methoxy groups -OCH3 is 1. The van der Waals surface area contributed by atoms with Gasteiger partial charge in [-0.3, -0.25) is 0 Å². The highest BCUT2D eigenvalue weighted by molar-refractivity contribution is 5.64. The molecular formula is C16H20N2O3. The fourth-order valence-electron chi connectivity index (χ4n) is 2.99. The van der Waals surface area contributed by atoms with Gasteiger partial charge >= 0.3 is 0 Å². The van der Waals surface area contributed by atoms with Crippen LogP contribution in [-0.2, 0) is 10.3 Å². The molecule has 5 nitrogen and oxygen atoms in total. The van der Waals surface area contributed by atoms with Crippen molar-refractivity contribution in [2.75, 3.05) is 7.11 Å². The zero-order valence-electron chi connectivity index (χ0n) is 12.4. The second-order valence-corrected chi connectivity index (χ2v) is 5.65. The van der Waals surface area contributed by atoms with Crippen LogP contribution in [0.3, 0.4) is 0 Å². The first-order valence-electron chi connectivity index (χ1n) is 7.34. The molecule has 1 aliphatic carbocycles. The highest BCUT2D eigenvalue weighted by Crippen LogP contribution is 2.40. The molecule has 1 fully saturated rings. The lowest BCUT2D eigenvalue weighted by molar-refractivity contribution is -0.0527. The van der Waals surface area contributed by atoms with Crippen molar-refractivity contribution < 1.29 is 14.4 Å². The molecule has 1 aliphatic rings. The quantitative estimate of drug-likeness (QED) is 0.935. The highest BCUT2D eigenvalue weighted by atomic mass is 16.5. The fraction of sp³-hybridized carbons (Fsp3) is 0.500. The number of nitrogens with zero attached hydrogens (tertiary/aromatic N) is 2. The smallest absolute Gasteiger partial charge is 0.261 e. The third-order valence-corrected chi connectivity index (χ3v) is 4.35. The van der Waals surface area contributed by atoms with Crippen molar-refractivity contribution in [2.24, 2.45) is 0 Å². The first-order chi connectivity index (χ1) is 10.2. The number of hydrogen-bond acceptors (Lipinski definition) is 5. The van der Waals surface area contributed by atoms with E-state index in [0.29, 0.717) is 17.3 Å². The van der Waals surface area contributed by atoms with Crippen LogP contribution >= 0.6 is 0 Å². The number of ether oxygens (including phenoxy) is 1. The average Bonchev–Trinajstić information content (AvgIpc) is 3.01. The molecule has 1 aromatic heterocycles. The lowest BCUT2D eigenvalue weighted by atomic mass is 9.84. The largest absolute Gasteiger partial charge is 0.507 e. The van der Waals surface area contributed by atoms with E-state index in [0.717, 1.165) is 31.2 Å². The maximum absolute atomic E-state index is 10.1. The number of phenolic OH excluding ortho intramolecular Hbond substituents is 1. The summed E-state index contributed by atoms with van der Waals surface area (Å²) < 4.78 is 11.1. The van der Waals surface area contributed by atoms with Gasteiger partial charge in [0.25, 0.3) is 5.89 Å². The molecule has 112 valence electrons. The van der Waals surface area contributed by atoms with Crippen molar-refractivity contribution in [3.05, 3.63) is 29.6 Å². The molecule has 0 amide bonds. The Bertz CT molecular complexity index is 630. The van der Waals surface area contributed by atoms with Crippen LogP contribution in [0.4, 0.5) is 0 Å². The molecule has 0 unspecified atom stereocenters. The SMILES string of the molecule is COC1(c2noc(-c3cccc(C)c3O)n2)CCCCC1. The lowest BCUT2D eigenvalue weighted by Crippen LogP contribution is -2.32. The molecule has 0 radical (unpaired) electrons. The summed E-state index contributed by atoms with van der Waals surface area (Å²) in [4.78, 5) is 4.49. The van der Waals surface area contributed by atoms with Crippen molar-refractivity contribution in [1.82, 2.24) is 10.1 Å². The molecule has 1 aromatic carbocycles. The second kappa shape index (κ2) is 5.48. The molecule has 21 heavy (non-hydrogen) atoms. The predicted molar refractivity (Wildman–Crippen MR) is 77.9 cm³/mol. The Morgan fingerprint density at radius 3 is 2.71 bits per heavy atom. The van der Waals surface area contributed by atoms with E-state index >= 15 is 0 Å². The highest BCUT2D eigenvalue weighted by Gasteiger charge is 2.38. The first kappa shape index (κ1) is 14.1. The monoisotopic (exact) mass is 288 g/mol. The zero-order chi connectivity index (χ0) is 14.9. The molecule has 1 saturated carbocycles. The van der Waals surface area contributed by atoms with Crippen molar-refractivity contribution in [3.63, 3.8) is 0 Å². The minimum absolute atomic E-state index is 0.183. The summed E-state index contributed by atoms with van der Waals surface area (Å²) in [5.41, 5.74) is 0.904. The van der Waals surface area contributed by atoms with Crippen LogP contribution in [0.5, 0.6) is 5.75 Å². The van der Waals surface area contributed by atoms with Crippen molar-refractivity contribution in [3.8, 4) is 17.2 Å². The molecular weight excluding hydrogens is 268 g/mol. The number of hydrogen-bond donors (Lipinski definition) is 1. The number of aromatic hydroxyl groups is 1. The molecule has 1 heterocycles. The summed E-state index contributed by atoms with van der Waals surface area (Å²) in [7, 11) is 1.70. The number of aryl methyl sites for hydroxylation is 1. The molecule has 0 atom stereocenters. The van der Waals surface area contributed by atoms with Crippen LogP contribution in [0, 0.1) is 6.92 Å². The Labute approximate surface area is 123 Å². The second-order valence-electron chi connectivity index (χ2n) is 5.65. The van der Waals surface area contributed by atoms with Crippen LogP contribution in [0.2, 0.25) is 0 Å². The van der Waals surface area contributed by atoms with E-state index in [9.17, 15) is 5.11 Å². The number of aromatic nitrogens is 2. The maximum atomic E-state index is 10.1. The van der Waals surface area contributed by atoms with E-state index < -0.39 is 5.60 Å². The molecule has 3 rings (SSSR count). The fourth-order valence-corrected chi connectivity index (χ4v) is 2.99. The van der Waals surface area contributed by atoms with Crippen molar-refractivity contribution >= 4 is 0 Å². The van der Waals surface area contributed by atoms with Gasteiger partial charge in [0.15, 0.2) is 0 Å². The third-order valence-electron chi connectivity index (χ3n) is 4.35. The summed E-state index contributed by atoms with van der Waals surface area (Å²) in [6.07, 6.45) is 5.24. The summed E-state index contributed by atoms with van der Waals surface area (Å²) >= 11 is 0. The molecule has 0 saturated heterocycles. The van der Waals surface area contributed by atoms with E-state index in [-0.39, 0.29) is 5.75 Å². The molecule has 0 spiro atoms. The van der Waals surface area contributed by atoms with Gasteiger partial charge < -0.3 is 14.4 Å². The van der Waals surface area contributed by atoms with Gasteiger partial charge in [0, 0.05) is 7.11 Å². The zero-order valence-corrected chi connectivity index (χ0v) is 12.4. The van der Waals surface area contributed by atoms with E-state index in [1.165, 1.54) is 6.42 Å².